The molecule has 4 aromatic rings. The van der Waals surface area contributed by atoms with Gasteiger partial charge in [0, 0.05) is 48.7 Å². The Morgan fingerprint density at radius 2 is 1.90 bits per heavy atom. The van der Waals surface area contributed by atoms with Gasteiger partial charge in [-0.05, 0) is 52.7 Å². The number of halogens is 3. The molecule has 0 aliphatic carbocycles. The molecule has 0 saturated carbocycles. The van der Waals surface area contributed by atoms with Crippen molar-refractivity contribution in [3.63, 3.8) is 0 Å². The average molecular weight is 583 g/mol. The molecule has 1 aromatic carbocycles. The molecular weight excluding hydrogens is 550 g/mol. The lowest BCUT2D eigenvalue weighted by atomic mass is 9.93. The SMILES string of the molecule is Cc1nc([C@@H](C)c2cc(Cl)c(F)c(-c3ccc(C(=O)N4CCC(C)(F)CC4)nc3)c2OC(C)C)n2ccnc(N)c12. The molecule has 1 atom stereocenters. The number of fused-ring (bicyclic) bond motifs is 1. The molecule has 4 heterocycles. The number of aryl methyl sites for hydroxylation is 1. The molecule has 0 unspecified atom stereocenters. The topological polar surface area (TPSA) is 98.6 Å². The summed E-state index contributed by atoms with van der Waals surface area (Å²) in [6, 6.07) is 4.73. The van der Waals surface area contributed by atoms with Crippen LogP contribution in [-0.4, -0.2) is 55.0 Å². The minimum Gasteiger partial charge on any atom is -0.490 e. The first kappa shape index (κ1) is 28.7. The van der Waals surface area contributed by atoms with Gasteiger partial charge in [-0.15, -0.1) is 0 Å². The second-order valence-electron chi connectivity index (χ2n) is 11.1. The van der Waals surface area contributed by atoms with Gasteiger partial charge in [0.2, 0.25) is 0 Å². The Balaban J connectivity index is 1.57. The Bertz CT molecular complexity index is 1610. The van der Waals surface area contributed by atoms with Gasteiger partial charge < -0.3 is 15.4 Å². The smallest absolute Gasteiger partial charge is 0.272 e. The quantitative estimate of drug-likeness (QED) is 0.283. The molecule has 1 fully saturated rings. The molecule has 8 nitrogen and oxygen atoms in total. The number of ether oxygens (including phenoxy) is 1. The summed E-state index contributed by atoms with van der Waals surface area (Å²) in [5.74, 6) is 0.00907. The highest BCUT2D eigenvalue weighted by molar-refractivity contribution is 6.31. The van der Waals surface area contributed by atoms with E-state index in [0.717, 1.165) is 0 Å². The molecule has 2 N–H and O–H groups in total. The number of likely N-dealkylation sites (tertiary alicyclic amines) is 1. The number of nitrogen functional groups attached to an aromatic ring is 1. The maximum atomic E-state index is 15.8. The van der Waals surface area contributed by atoms with E-state index in [1.54, 1.807) is 42.4 Å². The van der Waals surface area contributed by atoms with Crippen molar-refractivity contribution in [2.45, 2.75) is 65.2 Å². The lowest BCUT2D eigenvalue weighted by molar-refractivity contribution is 0.0499. The van der Waals surface area contributed by atoms with Gasteiger partial charge in [0.25, 0.3) is 5.91 Å². The van der Waals surface area contributed by atoms with Gasteiger partial charge in [0.15, 0.2) is 5.82 Å². The van der Waals surface area contributed by atoms with E-state index in [1.807, 2.05) is 32.1 Å². The zero-order chi connectivity index (χ0) is 29.6. The van der Waals surface area contributed by atoms with Crippen molar-refractivity contribution in [3.05, 3.63) is 70.4 Å². The van der Waals surface area contributed by atoms with Gasteiger partial charge in [-0.2, -0.15) is 0 Å². The van der Waals surface area contributed by atoms with Crippen molar-refractivity contribution in [2.75, 3.05) is 18.8 Å². The fraction of sp³-hybridized carbons (Fsp3) is 0.400. The van der Waals surface area contributed by atoms with Crippen molar-refractivity contribution < 1.29 is 18.3 Å². The number of imidazole rings is 1. The third-order valence-corrected chi connectivity index (χ3v) is 7.83. The first-order chi connectivity index (χ1) is 19.4. The normalized spacial score (nSPS) is 15.9. The summed E-state index contributed by atoms with van der Waals surface area (Å²) in [5.41, 5.74) is 7.64. The molecule has 216 valence electrons. The van der Waals surface area contributed by atoms with E-state index < -0.39 is 11.5 Å². The highest BCUT2D eigenvalue weighted by atomic mass is 35.5. The number of amides is 1. The van der Waals surface area contributed by atoms with Gasteiger partial charge in [0.05, 0.1) is 22.4 Å². The summed E-state index contributed by atoms with van der Waals surface area (Å²) in [7, 11) is 0. The number of benzene rings is 1. The van der Waals surface area contributed by atoms with Gasteiger partial charge in [-0.1, -0.05) is 24.6 Å². The summed E-state index contributed by atoms with van der Waals surface area (Å²) >= 11 is 6.46. The fourth-order valence-corrected chi connectivity index (χ4v) is 5.50. The summed E-state index contributed by atoms with van der Waals surface area (Å²) in [4.78, 5) is 27.9. The van der Waals surface area contributed by atoms with Crippen molar-refractivity contribution in [2.24, 2.45) is 0 Å². The number of hydrogen-bond donors (Lipinski definition) is 1. The number of hydrogen-bond acceptors (Lipinski definition) is 6. The number of pyridine rings is 1. The monoisotopic (exact) mass is 582 g/mol. The third kappa shape index (κ3) is 5.45. The standard InChI is InChI=1S/C30H33ClF2N6O2/c1-16(2)41-26-20(17(3)28-37-18(4)25-27(34)35-10-13-39(25)28)14-21(31)24(32)23(26)19-6-7-22(36-15-19)29(40)38-11-8-30(5,33)9-12-38/h6-7,10,13-17H,8-9,11-12H2,1-5H3,(H2,34,35)/t17-/m0/s1. The van der Waals surface area contributed by atoms with Crippen LogP contribution >= 0.6 is 11.6 Å². The van der Waals surface area contributed by atoms with E-state index in [9.17, 15) is 9.18 Å². The van der Waals surface area contributed by atoms with Crippen molar-refractivity contribution in [1.29, 1.82) is 0 Å². The Morgan fingerprint density at radius 1 is 1.20 bits per heavy atom. The molecule has 3 aromatic heterocycles. The van der Waals surface area contributed by atoms with Crippen LogP contribution in [0.4, 0.5) is 14.6 Å². The van der Waals surface area contributed by atoms with Gasteiger partial charge in [0.1, 0.15) is 34.3 Å². The molecule has 0 spiro atoms. The van der Waals surface area contributed by atoms with E-state index in [1.165, 1.54) is 6.20 Å². The van der Waals surface area contributed by atoms with Crippen LogP contribution in [-0.2, 0) is 0 Å². The lowest BCUT2D eigenvalue weighted by Gasteiger charge is -2.33. The summed E-state index contributed by atoms with van der Waals surface area (Å²) in [6.07, 6.45) is 5.08. The van der Waals surface area contributed by atoms with Gasteiger partial charge in [-0.25, -0.2) is 18.7 Å². The van der Waals surface area contributed by atoms with Crippen molar-refractivity contribution >= 4 is 28.8 Å². The zero-order valence-electron chi connectivity index (χ0n) is 23.7. The summed E-state index contributed by atoms with van der Waals surface area (Å²) in [5, 5.41) is -0.0838. The number of alkyl halides is 1. The van der Waals surface area contributed by atoms with Crippen LogP contribution in [0.2, 0.25) is 5.02 Å². The van der Waals surface area contributed by atoms with Crippen LogP contribution in [0.25, 0.3) is 16.6 Å². The summed E-state index contributed by atoms with van der Waals surface area (Å²) < 4.78 is 38.1. The van der Waals surface area contributed by atoms with Gasteiger partial charge >= 0.3 is 0 Å². The molecule has 5 rings (SSSR count). The number of carbonyl (C=O) groups is 1. The first-order valence-corrected chi connectivity index (χ1v) is 14.0. The fourth-order valence-electron chi connectivity index (χ4n) is 5.29. The summed E-state index contributed by atoms with van der Waals surface area (Å²) in [6.45, 7) is 9.68. The van der Waals surface area contributed by atoms with E-state index in [4.69, 9.17) is 27.1 Å². The number of nitrogens with zero attached hydrogens (tertiary/aromatic N) is 5. The van der Waals surface area contributed by atoms with E-state index >= 15 is 4.39 Å². The highest BCUT2D eigenvalue weighted by Gasteiger charge is 2.32. The number of carbonyl (C=O) groups excluding carboxylic acids is 1. The van der Waals surface area contributed by atoms with Crippen LogP contribution in [0.5, 0.6) is 5.75 Å². The minimum atomic E-state index is -1.27. The van der Waals surface area contributed by atoms with Crippen LogP contribution in [0.1, 0.15) is 74.0 Å². The predicted molar refractivity (Wildman–Crippen MR) is 155 cm³/mol. The largest absolute Gasteiger partial charge is 0.490 e. The maximum Gasteiger partial charge on any atom is 0.272 e. The number of nitrogens with two attached hydrogens (primary N) is 1. The maximum absolute atomic E-state index is 15.8. The van der Waals surface area contributed by atoms with Gasteiger partial charge in [-0.3, -0.25) is 14.2 Å². The first-order valence-electron chi connectivity index (χ1n) is 13.6. The van der Waals surface area contributed by atoms with Crippen LogP contribution < -0.4 is 10.5 Å². The third-order valence-electron chi connectivity index (χ3n) is 7.56. The zero-order valence-corrected chi connectivity index (χ0v) is 24.5. The Morgan fingerprint density at radius 3 is 2.54 bits per heavy atom. The van der Waals surface area contributed by atoms with Crippen LogP contribution in [0, 0.1) is 12.7 Å². The Labute approximate surface area is 242 Å². The molecule has 0 bridgehead atoms. The number of aromatic nitrogens is 4. The van der Waals surface area contributed by atoms with Crippen LogP contribution in [0.15, 0.2) is 36.8 Å². The average Bonchev–Trinajstić information content (AvgIpc) is 3.27. The van der Waals surface area contributed by atoms with E-state index in [0.29, 0.717) is 52.8 Å². The van der Waals surface area contributed by atoms with Crippen LogP contribution in [0.3, 0.4) is 0 Å². The second kappa shape index (κ2) is 10.9. The molecular formula is C30H33ClF2N6O2. The Kier molecular flexibility index (Phi) is 7.63. The molecule has 0 radical (unpaired) electrons. The van der Waals surface area contributed by atoms with Crippen molar-refractivity contribution in [3.8, 4) is 16.9 Å². The Hall–Kier alpha value is -3.79. The molecule has 1 aliphatic rings. The predicted octanol–water partition coefficient (Wildman–Crippen LogP) is 6.38. The van der Waals surface area contributed by atoms with E-state index in [2.05, 4.69) is 9.97 Å². The van der Waals surface area contributed by atoms with Crippen molar-refractivity contribution in [1.82, 2.24) is 24.3 Å². The number of piperidine rings is 1. The lowest BCUT2D eigenvalue weighted by Crippen LogP contribution is -2.43. The number of anilines is 1. The minimum absolute atomic E-state index is 0.0838. The highest BCUT2D eigenvalue weighted by Crippen LogP contribution is 2.44. The molecule has 1 amide bonds. The molecule has 1 saturated heterocycles. The second-order valence-corrected chi connectivity index (χ2v) is 11.5. The molecule has 41 heavy (non-hydrogen) atoms. The molecule has 1 aliphatic heterocycles. The molecule has 11 heteroatoms. The number of rotatable bonds is 6. The van der Waals surface area contributed by atoms with E-state index in [-0.39, 0.29) is 47.1 Å².